The number of unbranched alkanes of at least 4 members (excludes halogenated alkanes) is 2. The van der Waals surface area contributed by atoms with Crippen LogP contribution in [0.5, 0.6) is 0 Å². The van der Waals surface area contributed by atoms with E-state index in [0.29, 0.717) is 17.3 Å². The van der Waals surface area contributed by atoms with E-state index in [1.807, 2.05) is 12.1 Å². The molecule has 1 fully saturated rings. The van der Waals surface area contributed by atoms with Gasteiger partial charge < -0.3 is 11.1 Å². The molecule has 0 saturated carbocycles. The lowest BCUT2D eigenvalue weighted by molar-refractivity contribution is 0.159. The summed E-state index contributed by atoms with van der Waals surface area (Å²) in [5.74, 6) is 0. The summed E-state index contributed by atoms with van der Waals surface area (Å²) in [6, 6.07) is 9.55. The molecule has 1 unspecified atom stereocenters. The highest BCUT2D eigenvalue weighted by atomic mass is 15.2. The molecule has 0 radical (unpaired) electrons. The van der Waals surface area contributed by atoms with E-state index < -0.39 is 0 Å². The molecule has 1 aromatic rings. The van der Waals surface area contributed by atoms with Crippen molar-refractivity contribution >= 4 is 5.69 Å². The number of nitrogens with two attached hydrogens (primary N) is 1. The first kappa shape index (κ1) is 19.2. The standard InChI is InChI=1S/C12H24N2.C7H6N2/c1-3-5-6-9-14-10-8-13-11-12(14)7-4-2;8-5-6-2-1-3-7(9)4-6/h4,12-13H,2-3,5-11H2,1H3;1-4H,9H2. The van der Waals surface area contributed by atoms with Crippen molar-refractivity contribution in [2.24, 2.45) is 0 Å². The molecular formula is C19H30N4. The molecule has 0 aromatic heterocycles. The van der Waals surface area contributed by atoms with Crippen LogP contribution >= 0.6 is 0 Å². The van der Waals surface area contributed by atoms with Crippen LogP contribution in [-0.2, 0) is 0 Å². The highest BCUT2D eigenvalue weighted by Crippen LogP contribution is 2.09. The van der Waals surface area contributed by atoms with Crippen LogP contribution in [-0.4, -0.2) is 37.1 Å². The van der Waals surface area contributed by atoms with Gasteiger partial charge in [-0.15, -0.1) is 6.58 Å². The molecule has 1 aliphatic rings. The number of nitriles is 1. The van der Waals surface area contributed by atoms with Gasteiger partial charge in [-0.3, -0.25) is 4.90 Å². The van der Waals surface area contributed by atoms with Crippen LogP contribution in [0, 0.1) is 11.3 Å². The van der Waals surface area contributed by atoms with Gasteiger partial charge in [-0.25, -0.2) is 0 Å². The number of hydrogen-bond acceptors (Lipinski definition) is 4. The third kappa shape index (κ3) is 7.83. The SMILES string of the molecule is C=CCC1CNCCN1CCCCC.N#Cc1cccc(N)c1. The molecule has 1 heterocycles. The van der Waals surface area contributed by atoms with Gasteiger partial charge in [0.25, 0.3) is 0 Å². The van der Waals surface area contributed by atoms with Crippen LogP contribution in [0.25, 0.3) is 0 Å². The number of hydrogen-bond donors (Lipinski definition) is 2. The summed E-state index contributed by atoms with van der Waals surface area (Å²) in [4.78, 5) is 2.62. The maximum atomic E-state index is 8.36. The zero-order valence-electron chi connectivity index (χ0n) is 14.3. The van der Waals surface area contributed by atoms with E-state index >= 15 is 0 Å². The molecule has 0 aliphatic carbocycles. The Morgan fingerprint density at radius 3 is 2.91 bits per heavy atom. The molecule has 0 bridgehead atoms. The Kier molecular flexibility index (Phi) is 9.78. The van der Waals surface area contributed by atoms with E-state index in [0.717, 1.165) is 19.5 Å². The average Bonchev–Trinajstić information content (AvgIpc) is 2.57. The first-order chi connectivity index (χ1) is 11.2. The fraction of sp³-hybridized carbons (Fsp3) is 0.526. The molecule has 3 N–H and O–H groups in total. The molecule has 23 heavy (non-hydrogen) atoms. The van der Waals surface area contributed by atoms with Gasteiger partial charge >= 0.3 is 0 Å². The van der Waals surface area contributed by atoms with E-state index in [1.54, 1.807) is 24.3 Å². The largest absolute Gasteiger partial charge is 0.399 e. The zero-order valence-corrected chi connectivity index (χ0v) is 14.3. The van der Waals surface area contributed by atoms with Crippen LogP contribution in [0.2, 0.25) is 0 Å². The van der Waals surface area contributed by atoms with Crippen LogP contribution in [0.4, 0.5) is 5.69 Å². The van der Waals surface area contributed by atoms with Crippen LogP contribution in [0.15, 0.2) is 36.9 Å². The summed E-state index contributed by atoms with van der Waals surface area (Å²) in [5, 5.41) is 11.8. The number of nitrogen functional groups attached to an aromatic ring is 1. The minimum Gasteiger partial charge on any atom is -0.399 e. The molecule has 2 rings (SSSR count). The van der Waals surface area contributed by atoms with Crippen LogP contribution in [0.1, 0.15) is 38.2 Å². The fourth-order valence-electron chi connectivity index (χ4n) is 2.70. The third-order valence-corrected chi connectivity index (χ3v) is 3.98. The highest BCUT2D eigenvalue weighted by Gasteiger charge is 2.19. The summed E-state index contributed by atoms with van der Waals surface area (Å²) in [6.07, 6.45) is 7.21. The van der Waals surface area contributed by atoms with Gasteiger partial charge in [0.15, 0.2) is 0 Å². The monoisotopic (exact) mass is 314 g/mol. The molecule has 0 amide bonds. The smallest absolute Gasteiger partial charge is 0.0992 e. The molecule has 4 nitrogen and oxygen atoms in total. The van der Waals surface area contributed by atoms with Crippen molar-refractivity contribution in [3.05, 3.63) is 42.5 Å². The Bertz CT molecular complexity index is 492. The van der Waals surface area contributed by atoms with E-state index in [2.05, 4.69) is 23.7 Å². The topological polar surface area (TPSA) is 65.1 Å². The summed E-state index contributed by atoms with van der Waals surface area (Å²) < 4.78 is 0. The Morgan fingerprint density at radius 1 is 1.48 bits per heavy atom. The van der Waals surface area contributed by atoms with Gasteiger partial charge in [0.2, 0.25) is 0 Å². The average molecular weight is 314 g/mol. The van der Waals surface area contributed by atoms with Crippen LogP contribution in [0.3, 0.4) is 0 Å². The van der Waals surface area contributed by atoms with Crippen molar-refractivity contribution in [2.45, 2.75) is 38.6 Å². The van der Waals surface area contributed by atoms with Gasteiger partial charge in [-0.1, -0.05) is 31.9 Å². The van der Waals surface area contributed by atoms with E-state index in [9.17, 15) is 0 Å². The van der Waals surface area contributed by atoms with E-state index in [1.165, 1.54) is 32.4 Å². The molecular weight excluding hydrogens is 284 g/mol. The minimum atomic E-state index is 0.606. The second-order valence-electron chi connectivity index (χ2n) is 5.86. The normalized spacial score (nSPS) is 17.7. The lowest BCUT2D eigenvalue weighted by Gasteiger charge is -2.35. The van der Waals surface area contributed by atoms with Gasteiger partial charge in [0, 0.05) is 31.4 Å². The number of benzene rings is 1. The Balaban J connectivity index is 0.000000253. The number of nitrogens with zero attached hydrogens (tertiary/aromatic N) is 2. The van der Waals surface area contributed by atoms with Gasteiger partial charge in [0.05, 0.1) is 11.6 Å². The van der Waals surface area contributed by atoms with Crippen LogP contribution < -0.4 is 11.1 Å². The number of anilines is 1. The molecule has 1 atom stereocenters. The van der Waals surface area contributed by atoms with Crippen molar-refractivity contribution in [1.82, 2.24) is 10.2 Å². The Labute approximate surface area is 141 Å². The molecule has 1 aromatic carbocycles. The second kappa shape index (κ2) is 11.7. The molecule has 0 spiro atoms. The molecule has 1 saturated heterocycles. The molecule has 1 aliphatic heterocycles. The van der Waals surface area contributed by atoms with Gasteiger partial charge in [-0.2, -0.15) is 5.26 Å². The van der Waals surface area contributed by atoms with Gasteiger partial charge in [0.1, 0.15) is 0 Å². The lowest BCUT2D eigenvalue weighted by Crippen LogP contribution is -2.51. The minimum absolute atomic E-state index is 0.606. The molecule has 4 heteroatoms. The third-order valence-electron chi connectivity index (χ3n) is 3.98. The second-order valence-corrected chi connectivity index (χ2v) is 5.86. The van der Waals surface area contributed by atoms with E-state index in [4.69, 9.17) is 11.0 Å². The maximum absolute atomic E-state index is 8.36. The van der Waals surface area contributed by atoms with Crippen molar-refractivity contribution in [3.8, 4) is 6.07 Å². The fourth-order valence-corrected chi connectivity index (χ4v) is 2.70. The van der Waals surface area contributed by atoms with E-state index in [-0.39, 0.29) is 0 Å². The predicted octanol–water partition coefficient (Wildman–Crippen LogP) is 3.17. The highest BCUT2D eigenvalue weighted by molar-refractivity contribution is 5.44. The Hall–Kier alpha value is -1.83. The first-order valence-electron chi connectivity index (χ1n) is 8.52. The molecule has 126 valence electrons. The maximum Gasteiger partial charge on any atom is 0.0992 e. The first-order valence-corrected chi connectivity index (χ1v) is 8.52. The zero-order chi connectivity index (χ0) is 16.9. The Morgan fingerprint density at radius 2 is 2.30 bits per heavy atom. The lowest BCUT2D eigenvalue weighted by atomic mass is 10.1. The van der Waals surface area contributed by atoms with Gasteiger partial charge in [-0.05, 0) is 37.6 Å². The number of rotatable bonds is 6. The summed E-state index contributed by atoms with van der Waals surface area (Å²) in [5.41, 5.74) is 6.62. The summed E-state index contributed by atoms with van der Waals surface area (Å²) in [6.45, 7) is 10.9. The van der Waals surface area contributed by atoms with Crippen molar-refractivity contribution in [1.29, 1.82) is 5.26 Å². The number of piperazine rings is 1. The number of nitrogens with one attached hydrogen (secondary N) is 1. The van der Waals surface area contributed by atoms with Crippen molar-refractivity contribution in [2.75, 3.05) is 31.9 Å². The van der Waals surface area contributed by atoms with Crippen molar-refractivity contribution in [3.63, 3.8) is 0 Å². The summed E-state index contributed by atoms with van der Waals surface area (Å²) >= 11 is 0. The predicted molar refractivity (Wildman–Crippen MR) is 98.1 cm³/mol. The van der Waals surface area contributed by atoms with Crippen molar-refractivity contribution < 1.29 is 0 Å². The summed E-state index contributed by atoms with van der Waals surface area (Å²) in [7, 11) is 0. The quantitative estimate of drug-likeness (QED) is 0.481.